The number of fused-ring (bicyclic) bond motifs is 1. The van der Waals surface area contributed by atoms with Crippen molar-refractivity contribution >= 4 is 5.78 Å². The minimum Gasteiger partial charge on any atom is -0.381 e. The van der Waals surface area contributed by atoms with Gasteiger partial charge < -0.3 is 5.11 Å². The first-order valence-electron chi connectivity index (χ1n) is 4.17. The van der Waals surface area contributed by atoms with E-state index in [1.807, 2.05) is 6.07 Å². The van der Waals surface area contributed by atoms with Crippen LogP contribution >= 0.6 is 0 Å². The van der Waals surface area contributed by atoms with E-state index in [-0.39, 0.29) is 5.78 Å². The second-order valence-corrected chi connectivity index (χ2v) is 3.39. The average Bonchev–Trinajstić information content (AvgIpc) is 2.13. The minimum atomic E-state index is -1.01. The summed E-state index contributed by atoms with van der Waals surface area (Å²) in [7, 11) is 0. The van der Waals surface area contributed by atoms with Gasteiger partial charge in [0.25, 0.3) is 0 Å². The molecule has 0 spiro atoms. The highest BCUT2D eigenvalue weighted by Crippen LogP contribution is 2.29. The van der Waals surface area contributed by atoms with E-state index >= 15 is 0 Å². The summed E-state index contributed by atoms with van der Waals surface area (Å²) < 4.78 is 0. The quantitative estimate of drug-likeness (QED) is 0.649. The van der Waals surface area contributed by atoms with Gasteiger partial charge in [-0.05, 0) is 24.6 Å². The number of carbonyl (C=O) groups excluding carboxylic acids is 1. The Morgan fingerprint density at radius 3 is 2.69 bits per heavy atom. The molecule has 1 aliphatic rings. The van der Waals surface area contributed by atoms with Gasteiger partial charge in [-0.2, -0.15) is 0 Å². The Hall–Kier alpha value is -1.41. The van der Waals surface area contributed by atoms with Gasteiger partial charge in [0.1, 0.15) is 5.60 Å². The van der Waals surface area contributed by atoms with Gasteiger partial charge in [-0.15, -0.1) is 0 Å². The number of ketones is 1. The highest BCUT2D eigenvalue weighted by atomic mass is 16.3. The van der Waals surface area contributed by atoms with Gasteiger partial charge in [0, 0.05) is 5.56 Å². The zero-order chi connectivity index (χ0) is 9.47. The van der Waals surface area contributed by atoms with Crippen LogP contribution in [0.3, 0.4) is 0 Å². The topological polar surface area (TPSA) is 37.3 Å². The first kappa shape index (κ1) is 8.20. The number of hydrogen-bond acceptors (Lipinski definition) is 2. The van der Waals surface area contributed by atoms with Gasteiger partial charge in [-0.1, -0.05) is 24.3 Å². The molecule has 0 heterocycles. The Morgan fingerprint density at radius 2 is 2.00 bits per heavy atom. The molecule has 1 aromatic rings. The van der Waals surface area contributed by atoms with Crippen LogP contribution in [0.15, 0.2) is 36.4 Å². The van der Waals surface area contributed by atoms with Crippen LogP contribution in [-0.2, 0) is 5.60 Å². The maximum atomic E-state index is 11.4. The summed E-state index contributed by atoms with van der Waals surface area (Å²) in [6.45, 7) is 1.68. The van der Waals surface area contributed by atoms with Crippen molar-refractivity contribution in [3.05, 3.63) is 47.5 Å². The second kappa shape index (κ2) is 2.54. The zero-order valence-corrected chi connectivity index (χ0v) is 7.32. The van der Waals surface area contributed by atoms with E-state index in [4.69, 9.17) is 0 Å². The lowest BCUT2D eigenvalue weighted by Gasteiger charge is -2.25. The summed E-state index contributed by atoms with van der Waals surface area (Å²) in [5, 5.41) is 9.91. The summed E-state index contributed by atoms with van der Waals surface area (Å²) in [6.07, 6.45) is 2.94. The number of allylic oxidation sites excluding steroid dienone is 1. The van der Waals surface area contributed by atoms with Crippen LogP contribution in [0.25, 0.3) is 0 Å². The van der Waals surface area contributed by atoms with Crippen molar-refractivity contribution < 1.29 is 9.90 Å². The number of rotatable bonds is 0. The highest BCUT2D eigenvalue weighted by Gasteiger charge is 2.28. The summed E-state index contributed by atoms with van der Waals surface area (Å²) in [5.74, 6) is -0.0397. The van der Waals surface area contributed by atoms with Crippen molar-refractivity contribution in [3.8, 4) is 0 Å². The molecular weight excluding hydrogens is 164 g/mol. The molecule has 0 aliphatic heterocycles. The summed E-state index contributed by atoms with van der Waals surface area (Å²) in [5.41, 5.74) is 0.266. The Morgan fingerprint density at radius 1 is 1.31 bits per heavy atom. The van der Waals surface area contributed by atoms with Gasteiger partial charge >= 0.3 is 0 Å². The summed E-state index contributed by atoms with van der Waals surface area (Å²) in [6, 6.07) is 7.12. The molecule has 1 N–H and O–H groups in total. The van der Waals surface area contributed by atoms with E-state index in [9.17, 15) is 9.90 Å². The Balaban J connectivity index is 2.68. The van der Waals surface area contributed by atoms with Gasteiger partial charge in [0.05, 0.1) is 0 Å². The van der Waals surface area contributed by atoms with Crippen LogP contribution in [0.5, 0.6) is 0 Å². The molecule has 0 aromatic heterocycles. The predicted octanol–water partition coefficient (Wildman–Crippen LogP) is 1.65. The second-order valence-electron chi connectivity index (χ2n) is 3.39. The molecule has 2 heteroatoms. The number of benzene rings is 1. The van der Waals surface area contributed by atoms with Gasteiger partial charge in [0.2, 0.25) is 0 Å². The normalized spacial score (nSPS) is 25.8. The van der Waals surface area contributed by atoms with Crippen LogP contribution in [0.1, 0.15) is 22.8 Å². The molecule has 0 radical (unpaired) electrons. The zero-order valence-electron chi connectivity index (χ0n) is 7.32. The van der Waals surface area contributed by atoms with Crippen molar-refractivity contribution in [2.75, 3.05) is 0 Å². The van der Waals surface area contributed by atoms with E-state index < -0.39 is 5.60 Å². The Labute approximate surface area is 76.5 Å². The van der Waals surface area contributed by atoms with Crippen LogP contribution in [0.4, 0.5) is 0 Å². The van der Waals surface area contributed by atoms with Crippen LogP contribution < -0.4 is 0 Å². The van der Waals surface area contributed by atoms with Crippen molar-refractivity contribution in [2.24, 2.45) is 0 Å². The standard InChI is InChI=1S/C11H10O2/c1-11(13)7-6-10(12)8-4-2-3-5-9(8)11/h2-7,13H,1H3/t11-/m0/s1. The van der Waals surface area contributed by atoms with Gasteiger partial charge in [-0.3, -0.25) is 4.79 Å². The predicted molar refractivity (Wildman–Crippen MR) is 49.5 cm³/mol. The summed E-state index contributed by atoms with van der Waals surface area (Å²) >= 11 is 0. The van der Waals surface area contributed by atoms with Crippen molar-refractivity contribution in [1.29, 1.82) is 0 Å². The lowest BCUT2D eigenvalue weighted by molar-refractivity contribution is 0.0931. The highest BCUT2D eigenvalue weighted by molar-refractivity contribution is 6.07. The van der Waals surface area contributed by atoms with Crippen molar-refractivity contribution in [1.82, 2.24) is 0 Å². The number of carbonyl (C=O) groups is 1. The van der Waals surface area contributed by atoms with Crippen LogP contribution in [-0.4, -0.2) is 10.9 Å². The third-order valence-electron chi connectivity index (χ3n) is 2.30. The molecule has 0 bridgehead atoms. The lowest BCUT2D eigenvalue weighted by atomic mass is 9.85. The third-order valence-corrected chi connectivity index (χ3v) is 2.30. The molecule has 0 saturated heterocycles. The van der Waals surface area contributed by atoms with Crippen molar-refractivity contribution in [3.63, 3.8) is 0 Å². The van der Waals surface area contributed by atoms with E-state index in [0.29, 0.717) is 11.1 Å². The van der Waals surface area contributed by atoms with Crippen molar-refractivity contribution in [2.45, 2.75) is 12.5 Å². The molecule has 1 atom stereocenters. The molecule has 0 saturated carbocycles. The number of hydrogen-bond donors (Lipinski definition) is 1. The third kappa shape index (κ3) is 1.19. The molecule has 13 heavy (non-hydrogen) atoms. The van der Waals surface area contributed by atoms with E-state index in [0.717, 1.165) is 0 Å². The fraction of sp³-hybridized carbons (Fsp3) is 0.182. The van der Waals surface area contributed by atoms with E-state index in [2.05, 4.69) is 0 Å². The van der Waals surface area contributed by atoms with Crippen LogP contribution in [0, 0.1) is 0 Å². The van der Waals surface area contributed by atoms with E-state index in [1.54, 1.807) is 25.1 Å². The Kier molecular flexibility index (Phi) is 1.60. The smallest absolute Gasteiger partial charge is 0.186 e. The fourth-order valence-electron chi connectivity index (χ4n) is 1.56. The molecular formula is C11H10O2. The minimum absolute atomic E-state index is 0.0397. The van der Waals surface area contributed by atoms with Crippen LogP contribution in [0.2, 0.25) is 0 Å². The number of aliphatic hydroxyl groups is 1. The molecule has 66 valence electrons. The van der Waals surface area contributed by atoms with E-state index in [1.165, 1.54) is 12.2 Å². The maximum absolute atomic E-state index is 11.4. The van der Waals surface area contributed by atoms with Gasteiger partial charge in [-0.25, -0.2) is 0 Å². The molecule has 1 aromatic carbocycles. The molecule has 2 nitrogen and oxygen atoms in total. The van der Waals surface area contributed by atoms with Gasteiger partial charge in [0.15, 0.2) is 5.78 Å². The largest absolute Gasteiger partial charge is 0.381 e. The molecule has 0 fully saturated rings. The molecule has 0 unspecified atom stereocenters. The first-order valence-corrected chi connectivity index (χ1v) is 4.17. The Bertz CT molecular complexity index is 389. The molecule has 1 aliphatic carbocycles. The lowest BCUT2D eigenvalue weighted by Crippen LogP contribution is -2.25. The fourth-order valence-corrected chi connectivity index (χ4v) is 1.56. The summed E-state index contributed by atoms with van der Waals surface area (Å²) in [4.78, 5) is 11.4. The molecule has 2 rings (SSSR count). The average molecular weight is 174 g/mol. The SMILES string of the molecule is C[C@]1(O)C=CC(=O)c2ccccc21. The molecule has 0 amide bonds. The first-order chi connectivity index (χ1) is 6.11. The maximum Gasteiger partial charge on any atom is 0.186 e. The monoisotopic (exact) mass is 174 g/mol.